The Morgan fingerprint density at radius 2 is 1.84 bits per heavy atom. The number of carbonyl (C=O) groups is 2. The number of rotatable bonds is 6. The molecule has 0 aromatic heterocycles. The van der Waals surface area contributed by atoms with E-state index in [0.717, 1.165) is 5.56 Å². The zero-order chi connectivity index (χ0) is 14.4. The molecule has 19 heavy (non-hydrogen) atoms. The van der Waals surface area contributed by atoms with Crippen molar-refractivity contribution in [3.8, 4) is 5.75 Å². The highest BCUT2D eigenvalue weighted by Crippen LogP contribution is 2.10. The van der Waals surface area contributed by atoms with Gasteiger partial charge < -0.3 is 26.4 Å². The molecule has 1 unspecified atom stereocenters. The van der Waals surface area contributed by atoms with Gasteiger partial charge in [0.25, 0.3) is 0 Å². The fraction of sp³-hybridized carbons (Fsp3) is 0.333. The Kier molecular flexibility index (Phi) is 5.28. The van der Waals surface area contributed by atoms with E-state index in [9.17, 15) is 9.59 Å². The van der Waals surface area contributed by atoms with Gasteiger partial charge in [0.1, 0.15) is 11.8 Å². The highest BCUT2D eigenvalue weighted by molar-refractivity contribution is 5.87. The lowest BCUT2D eigenvalue weighted by atomic mass is 10.1. The summed E-state index contributed by atoms with van der Waals surface area (Å²) >= 11 is 0. The van der Waals surface area contributed by atoms with Crippen molar-refractivity contribution in [1.29, 1.82) is 0 Å². The maximum atomic E-state index is 11.6. The van der Waals surface area contributed by atoms with E-state index >= 15 is 0 Å². The number of carbonyl (C=O) groups excluding carboxylic acids is 1. The Hall–Kier alpha value is -2.12. The van der Waals surface area contributed by atoms with Gasteiger partial charge in [-0.2, -0.15) is 0 Å². The fourth-order valence-corrected chi connectivity index (χ4v) is 1.44. The van der Waals surface area contributed by atoms with Gasteiger partial charge in [-0.05, 0) is 24.1 Å². The Balaban J connectivity index is 2.57. The van der Waals surface area contributed by atoms with E-state index in [1.807, 2.05) is 0 Å². The number of aromatic hydroxyl groups is 1. The first-order valence-electron chi connectivity index (χ1n) is 5.61. The van der Waals surface area contributed by atoms with E-state index < -0.39 is 30.6 Å². The molecule has 1 aromatic carbocycles. The largest absolute Gasteiger partial charge is 0.508 e. The van der Waals surface area contributed by atoms with Crippen LogP contribution in [0.4, 0.5) is 0 Å². The first-order chi connectivity index (χ1) is 8.93. The van der Waals surface area contributed by atoms with Gasteiger partial charge in [0, 0.05) is 0 Å². The number of aliphatic hydroxyl groups excluding tert-OH is 1. The highest BCUT2D eigenvalue weighted by atomic mass is 16.4. The van der Waals surface area contributed by atoms with Gasteiger partial charge in [-0.1, -0.05) is 12.1 Å². The Bertz CT molecular complexity index is 446. The van der Waals surface area contributed by atoms with E-state index in [4.69, 9.17) is 21.1 Å². The maximum absolute atomic E-state index is 11.6. The molecule has 0 bridgehead atoms. The number of carboxylic acids is 1. The van der Waals surface area contributed by atoms with Gasteiger partial charge in [0.05, 0.1) is 12.6 Å². The average Bonchev–Trinajstić information content (AvgIpc) is 2.37. The predicted octanol–water partition coefficient (Wildman–Crippen LogP) is -1.18. The second-order valence-electron chi connectivity index (χ2n) is 4.06. The summed E-state index contributed by atoms with van der Waals surface area (Å²) in [5, 5.41) is 28.7. The van der Waals surface area contributed by atoms with Gasteiger partial charge in [-0.3, -0.25) is 4.79 Å². The smallest absolute Gasteiger partial charge is 0.328 e. The van der Waals surface area contributed by atoms with Crippen molar-refractivity contribution in [2.45, 2.75) is 18.5 Å². The van der Waals surface area contributed by atoms with Crippen LogP contribution >= 0.6 is 0 Å². The normalized spacial score (nSPS) is 13.6. The third-order valence-electron chi connectivity index (χ3n) is 2.53. The van der Waals surface area contributed by atoms with Crippen LogP contribution in [0.3, 0.4) is 0 Å². The van der Waals surface area contributed by atoms with E-state index in [-0.39, 0.29) is 12.2 Å². The Morgan fingerprint density at radius 3 is 2.32 bits per heavy atom. The number of hydrogen-bond donors (Lipinski definition) is 5. The van der Waals surface area contributed by atoms with Gasteiger partial charge in [0.2, 0.25) is 5.91 Å². The maximum Gasteiger partial charge on any atom is 0.328 e. The van der Waals surface area contributed by atoms with E-state index in [2.05, 4.69) is 5.32 Å². The minimum Gasteiger partial charge on any atom is -0.508 e. The molecule has 104 valence electrons. The molecule has 0 saturated carbocycles. The van der Waals surface area contributed by atoms with Crippen molar-refractivity contribution in [3.05, 3.63) is 29.8 Å². The van der Waals surface area contributed by atoms with E-state index in [1.165, 1.54) is 12.1 Å². The molecule has 7 heteroatoms. The number of nitrogens with one attached hydrogen (secondary N) is 1. The third kappa shape index (κ3) is 4.57. The van der Waals surface area contributed by atoms with Gasteiger partial charge >= 0.3 is 5.97 Å². The number of phenols is 1. The topological polar surface area (TPSA) is 133 Å². The van der Waals surface area contributed by atoms with Gasteiger partial charge in [-0.15, -0.1) is 0 Å². The molecular formula is C12H16N2O5. The molecule has 1 rings (SSSR count). The van der Waals surface area contributed by atoms with Crippen LogP contribution in [0.15, 0.2) is 24.3 Å². The van der Waals surface area contributed by atoms with Crippen LogP contribution in [0.1, 0.15) is 5.56 Å². The van der Waals surface area contributed by atoms with Crippen LogP contribution < -0.4 is 11.1 Å². The summed E-state index contributed by atoms with van der Waals surface area (Å²) in [6, 6.07) is 3.87. The zero-order valence-electron chi connectivity index (χ0n) is 10.1. The standard InChI is InChI=1S/C12H16N2O5/c13-9(5-7-1-3-8(16)4-2-7)11(17)14-10(6-15)12(18)19/h1-4,9-10,15-16H,5-6,13H2,(H,14,17)(H,18,19)/t9?,10-/m0/s1. The summed E-state index contributed by atoms with van der Waals surface area (Å²) < 4.78 is 0. The first kappa shape index (κ1) is 14.9. The number of amides is 1. The van der Waals surface area contributed by atoms with Crippen molar-refractivity contribution >= 4 is 11.9 Å². The summed E-state index contributed by atoms with van der Waals surface area (Å²) in [6.07, 6.45) is 0.198. The van der Waals surface area contributed by atoms with Crippen LogP contribution in [0.5, 0.6) is 5.75 Å². The molecule has 1 aromatic rings. The first-order valence-corrected chi connectivity index (χ1v) is 5.61. The quantitative estimate of drug-likeness (QED) is 0.441. The lowest BCUT2D eigenvalue weighted by Gasteiger charge is -2.16. The summed E-state index contributed by atoms with van der Waals surface area (Å²) in [6.45, 7) is -0.701. The van der Waals surface area contributed by atoms with E-state index in [1.54, 1.807) is 12.1 Å². The lowest BCUT2D eigenvalue weighted by Crippen LogP contribution is -2.50. The van der Waals surface area contributed by atoms with Gasteiger partial charge in [0.15, 0.2) is 0 Å². The Morgan fingerprint density at radius 1 is 1.26 bits per heavy atom. The number of carboxylic acid groups (broad SMARTS) is 1. The summed E-state index contributed by atoms with van der Waals surface area (Å²) in [4.78, 5) is 22.3. The second-order valence-corrected chi connectivity index (χ2v) is 4.06. The second kappa shape index (κ2) is 6.72. The minimum atomic E-state index is -1.36. The summed E-state index contributed by atoms with van der Waals surface area (Å²) in [5.74, 6) is -1.88. The molecular weight excluding hydrogens is 252 g/mol. The molecule has 0 heterocycles. The van der Waals surface area contributed by atoms with Crippen LogP contribution in [0, 0.1) is 0 Å². The zero-order valence-corrected chi connectivity index (χ0v) is 10.1. The Labute approximate surface area is 109 Å². The van der Waals surface area contributed by atoms with Crippen LogP contribution in [-0.4, -0.2) is 45.9 Å². The lowest BCUT2D eigenvalue weighted by molar-refractivity contribution is -0.143. The minimum absolute atomic E-state index is 0.105. The molecule has 0 aliphatic carbocycles. The number of nitrogens with two attached hydrogens (primary N) is 1. The van der Waals surface area contributed by atoms with Crippen molar-refractivity contribution in [1.82, 2.24) is 5.32 Å². The fourth-order valence-electron chi connectivity index (χ4n) is 1.44. The molecule has 6 N–H and O–H groups in total. The summed E-state index contributed by atoms with van der Waals surface area (Å²) in [5.41, 5.74) is 6.37. The molecule has 0 aliphatic rings. The van der Waals surface area contributed by atoms with Crippen molar-refractivity contribution < 1.29 is 24.9 Å². The molecule has 0 fully saturated rings. The number of benzene rings is 1. The molecule has 0 radical (unpaired) electrons. The molecule has 0 aliphatic heterocycles. The van der Waals surface area contributed by atoms with Crippen LogP contribution in [0.2, 0.25) is 0 Å². The highest BCUT2D eigenvalue weighted by Gasteiger charge is 2.22. The third-order valence-corrected chi connectivity index (χ3v) is 2.53. The number of aliphatic carboxylic acids is 1. The van der Waals surface area contributed by atoms with Crippen molar-refractivity contribution in [3.63, 3.8) is 0 Å². The SMILES string of the molecule is NC(Cc1ccc(O)cc1)C(=O)N[C@@H](CO)C(=O)O. The van der Waals surface area contributed by atoms with Crippen molar-refractivity contribution in [2.24, 2.45) is 5.73 Å². The average molecular weight is 268 g/mol. The molecule has 0 saturated heterocycles. The number of hydrogen-bond acceptors (Lipinski definition) is 5. The van der Waals surface area contributed by atoms with Gasteiger partial charge in [-0.25, -0.2) is 4.79 Å². The van der Waals surface area contributed by atoms with Crippen molar-refractivity contribution in [2.75, 3.05) is 6.61 Å². The van der Waals surface area contributed by atoms with Crippen LogP contribution in [0.25, 0.3) is 0 Å². The molecule has 1 amide bonds. The summed E-state index contributed by atoms with van der Waals surface area (Å²) in [7, 11) is 0. The molecule has 7 nitrogen and oxygen atoms in total. The number of aliphatic hydroxyl groups is 1. The predicted molar refractivity (Wildman–Crippen MR) is 66.4 cm³/mol. The molecule has 0 spiro atoms. The van der Waals surface area contributed by atoms with E-state index in [0.29, 0.717) is 0 Å². The van der Waals surface area contributed by atoms with Crippen LogP contribution in [-0.2, 0) is 16.0 Å². The number of phenolic OH excluding ortho intramolecular Hbond substituents is 1. The monoisotopic (exact) mass is 268 g/mol. The molecule has 2 atom stereocenters.